The molecule has 88 valence electrons. The van der Waals surface area contributed by atoms with Gasteiger partial charge >= 0.3 is 0 Å². The molecular formula is C12H13N3OS. The van der Waals surface area contributed by atoms with E-state index < -0.39 is 0 Å². The minimum atomic E-state index is 0.615. The summed E-state index contributed by atoms with van der Waals surface area (Å²) >= 11 is 5.25. The Balaban J connectivity index is 2.46. The normalized spacial score (nSPS) is 10.6. The first-order valence-corrected chi connectivity index (χ1v) is 5.88. The quantitative estimate of drug-likeness (QED) is 0.667. The average Bonchev–Trinajstić information content (AvgIpc) is 2.66. The maximum absolute atomic E-state index is 9.01. The molecule has 1 heterocycles. The molecule has 0 unspecified atom stereocenters. The summed E-state index contributed by atoms with van der Waals surface area (Å²) in [5.74, 6) is 0. The molecule has 0 saturated carbocycles. The van der Waals surface area contributed by atoms with Crippen molar-refractivity contribution in [2.45, 2.75) is 13.5 Å². The number of rotatable bonds is 4. The van der Waals surface area contributed by atoms with Crippen molar-refractivity contribution < 1.29 is 4.74 Å². The smallest absolute Gasteiger partial charge is 0.178 e. The molecule has 5 heteroatoms. The van der Waals surface area contributed by atoms with Crippen LogP contribution in [0.3, 0.4) is 0 Å². The molecule has 0 radical (unpaired) electrons. The summed E-state index contributed by atoms with van der Waals surface area (Å²) in [6.45, 7) is 3.97. The first kappa shape index (κ1) is 11.8. The van der Waals surface area contributed by atoms with Crippen molar-refractivity contribution in [1.82, 2.24) is 9.55 Å². The molecule has 0 fully saturated rings. The molecule has 2 aromatic rings. The molecule has 1 aromatic heterocycles. The SMILES string of the molecule is CCOCCn1c(=S)[nH]c2c(C#N)cccc21. The number of nitriles is 1. The monoisotopic (exact) mass is 247 g/mol. The van der Waals surface area contributed by atoms with Gasteiger partial charge in [0.1, 0.15) is 6.07 Å². The van der Waals surface area contributed by atoms with E-state index in [-0.39, 0.29) is 0 Å². The second-order valence-electron chi connectivity index (χ2n) is 3.59. The zero-order valence-electron chi connectivity index (χ0n) is 9.56. The van der Waals surface area contributed by atoms with Gasteiger partial charge in [0.2, 0.25) is 0 Å². The predicted molar refractivity (Wildman–Crippen MR) is 68.3 cm³/mol. The van der Waals surface area contributed by atoms with Gasteiger partial charge in [-0.25, -0.2) is 0 Å². The zero-order valence-corrected chi connectivity index (χ0v) is 10.4. The van der Waals surface area contributed by atoms with E-state index in [2.05, 4.69) is 11.1 Å². The van der Waals surface area contributed by atoms with Gasteiger partial charge < -0.3 is 14.3 Å². The molecule has 0 bridgehead atoms. The van der Waals surface area contributed by atoms with Crippen LogP contribution < -0.4 is 0 Å². The second-order valence-corrected chi connectivity index (χ2v) is 3.98. The summed E-state index contributed by atoms with van der Waals surface area (Å²) in [6, 6.07) is 7.75. The summed E-state index contributed by atoms with van der Waals surface area (Å²) in [5.41, 5.74) is 2.37. The average molecular weight is 247 g/mol. The van der Waals surface area contributed by atoms with E-state index in [9.17, 15) is 0 Å². The van der Waals surface area contributed by atoms with E-state index in [0.717, 1.165) is 11.0 Å². The van der Waals surface area contributed by atoms with Crippen LogP contribution in [0.25, 0.3) is 11.0 Å². The van der Waals surface area contributed by atoms with Crippen molar-refractivity contribution in [3.8, 4) is 6.07 Å². The number of para-hydroxylation sites is 1. The van der Waals surface area contributed by atoms with E-state index in [1.54, 1.807) is 6.07 Å². The van der Waals surface area contributed by atoms with Crippen molar-refractivity contribution in [3.05, 3.63) is 28.5 Å². The molecule has 1 aromatic carbocycles. The lowest BCUT2D eigenvalue weighted by Gasteiger charge is -2.04. The molecule has 2 rings (SSSR count). The molecule has 0 amide bonds. The number of fused-ring (bicyclic) bond motifs is 1. The fourth-order valence-corrected chi connectivity index (χ4v) is 2.09. The maximum Gasteiger partial charge on any atom is 0.178 e. The number of imidazole rings is 1. The minimum Gasteiger partial charge on any atom is -0.380 e. The second kappa shape index (κ2) is 5.13. The summed E-state index contributed by atoms with van der Waals surface area (Å²) < 4.78 is 7.91. The number of H-pyrrole nitrogens is 1. The van der Waals surface area contributed by atoms with Gasteiger partial charge in [-0.3, -0.25) is 0 Å². The van der Waals surface area contributed by atoms with Crippen LogP contribution in [-0.2, 0) is 11.3 Å². The molecule has 4 nitrogen and oxygen atoms in total. The number of ether oxygens (including phenoxy) is 1. The van der Waals surface area contributed by atoms with Crippen LogP contribution in [0.5, 0.6) is 0 Å². The lowest BCUT2D eigenvalue weighted by Crippen LogP contribution is -2.05. The zero-order chi connectivity index (χ0) is 12.3. The highest BCUT2D eigenvalue weighted by molar-refractivity contribution is 7.71. The van der Waals surface area contributed by atoms with Crippen LogP contribution in [-0.4, -0.2) is 22.8 Å². The Labute approximate surface area is 104 Å². The Morgan fingerprint density at radius 3 is 3.06 bits per heavy atom. The highest BCUT2D eigenvalue weighted by Gasteiger charge is 2.07. The standard InChI is InChI=1S/C12H13N3OS/c1-2-16-7-6-15-10-5-3-4-9(8-13)11(10)14-12(15)17/h3-5H,2,6-7H2,1H3,(H,14,17). The Morgan fingerprint density at radius 1 is 1.53 bits per heavy atom. The summed E-state index contributed by atoms with van der Waals surface area (Å²) in [5, 5.41) is 9.01. The fourth-order valence-electron chi connectivity index (χ4n) is 1.80. The Morgan fingerprint density at radius 2 is 2.35 bits per heavy atom. The third kappa shape index (κ3) is 2.23. The number of nitrogens with zero attached hydrogens (tertiary/aromatic N) is 2. The van der Waals surface area contributed by atoms with Crippen LogP contribution >= 0.6 is 12.2 Å². The molecule has 1 N–H and O–H groups in total. The van der Waals surface area contributed by atoms with Gasteiger partial charge in [0.25, 0.3) is 0 Å². The van der Waals surface area contributed by atoms with Gasteiger partial charge in [0, 0.05) is 13.2 Å². The Bertz CT molecular complexity index is 621. The van der Waals surface area contributed by atoms with Crippen molar-refractivity contribution in [2.75, 3.05) is 13.2 Å². The minimum absolute atomic E-state index is 0.615. The lowest BCUT2D eigenvalue weighted by molar-refractivity contribution is 0.139. The van der Waals surface area contributed by atoms with Crippen molar-refractivity contribution in [3.63, 3.8) is 0 Å². The summed E-state index contributed by atoms with van der Waals surface area (Å²) in [7, 11) is 0. The molecule has 0 aliphatic rings. The largest absolute Gasteiger partial charge is 0.380 e. The van der Waals surface area contributed by atoms with Crippen molar-refractivity contribution in [2.24, 2.45) is 0 Å². The number of aromatic nitrogens is 2. The van der Waals surface area contributed by atoms with E-state index in [4.69, 9.17) is 22.2 Å². The van der Waals surface area contributed by atoms with Crippen LogP contribution in [0.1, 0.15) is 12.5 Å². The maximum atomic E-state index is 9.01. The Kier molecular flexibility index (Phi) is 3.57. The summed E-state index contributed by atoms with van der Waals surface area (Å²) in [6.07, 6.45) is 0. The highest BCUT2D eigenvalue weighted by Crippen LogP contribution is 2.17. The van der Waals surface area contributed by atoms with Crippen molar-refractivity contribution >= 4 is 23.3 Å². The van der Waals surface area contributed by atoms with Gasteiger partial charge in [-0.15, -0.1) is 0 Å². The summed E-state index contributed by atoms with van der Waals surface area (Å²) in [4.78, 5) is 3.07. The number of hydrogen-bond acceptors (Lipinski definition) is 3. The van der Waals surface area contributed by atoms with Crippen LogP contribution in [0.4, 0.5) is 0 Å². The van der Waals surface area contributed by atoms with Crippen LogP contribution in [0.2, 0.25) is 0 Å². The highest BCUT2D eigenvalue weighted by atomic mass is 32.1. The van der Waals surface area contributed by atoms with Crippen LogP contribution in [0.15, 0.2) is 18.2 Å². The molecule has 0 atom stereocenters. The van der Waals surface area contributed by atoms with Crippen LogP contribution in [0, 0.1) is 16.1 Å². The molecule has 0 saturated heterocycles. The van der Waals surface area contributed by atoms with Gasteiger partial charge in [0.15, 0.2) is 4.77 Å². The predicted octanol–water partition coefficient (Wildman–Crippen LogP) is 2.61. The van der Waals surface area contributed by atoms with E-state index >= 15 is 0 Å². The molecule has 0 spiro atoms. The van der Waals surface area contributed by atoms with Crippen molar-refractivity contribution in [1.29, 1.82) is 5.26 Å². The Hall–Kier alpha value is -1.64. The lowest BCUT2D eigenvalue weighted by atomic mass is 10.2. The number of benzene rings is 1. The first-order chi connectivity index (χ1) is 8.27. The third-order valence-electron chi connectivity index (χ3n) is 2.59. The van der Waals surface area contributed by atoms with Gasteiger partial charge in [-0.2, -0.15) is 5.26 Å². The fraction of sp³-hybridized carbons (Fsp3) is 0.333. The van der Waals surface area contributed by atoms with E-state index in [1.165, 1.54) is 0 Å². The topological polar surface area (TPSA) is 53.7 Å². The third-order valence-corrected chi connectivity index (χ3v) is 2.92. The van der Waals surface area contributed by atoms with Gasteiger partial charge in [-0.05, 0) is 31.3 Å². The molecule has 0 aliphatic heterocycles. The van der Waals surface area contributed by atoms with E-state index in [0.29, 0.717) is 30.1 Å². The number of aromatic amines is 1. The first-order valence-electron chi connectivity index (χ1n) is 5.47. The molecular weight excluding hydrogens is 234 g/mol. The number of nitrogens with one attached hydrogen (secondary N) is 1. The number of hydrogen-bond donors (Lipinski definition) is 1. The van der Waals surface area contributed by atoms with E-state index in [1.807, 2.05) is 23.6 Å². The van der Waals surface area contributed by atoms with Gasteiger partial charge in [-0.1, -0.05) is 6.07 Å². The molecule has 17 heavy (non-hydrogen) atoms. The molecule has 0 aliphatic carbocycles. The van der Waals surface area contributed by atoms with Gasteiger partial charge in [0.05, 0.1) is 23.2 Å².